The van der Waals surface area contributed by atoms with Gasteiger partial charge in [-0.05, 0) is 37.1 Å². The van der Waals surface area contributed by atoms with E-state index in [0.29, 0.717) is 12.1 Å². The van der Waals surface area contributed by atoms with Crippen LogP contribution in [0, 0.1) is 0 Å². The molecule has 1 aromatic rings. The van der Waals surface area contributed by atoms with Crippen molar-refractivity contribution >= 4 is 0 Å². The largest absolute Gasteiger partial charge is 0.328 e. The van der Waals surface area contributed by atoms with Gasteiger partial charge in [0.2, 0.25) is 0 Å². The van der Waals surface area contributed by atoms with Gasteiger partial charge < -0.3 is 11.1 Å². The summed E-state index contributed by atoms with van der Waals surface area (Å²) in [6.07, 6.45) is 5.78. The second-order valence-corrected chi connectivity index (χ2v) is 3.57. The van der Waals surface area contributed by atoms with Gasteiger partial charge in [-0.25, -0.2) is 0 Å². The summed E-state index contributed by atoms with van der Waals surface area (Å²) < 4.78 is 0. The van der Waals surface area contributed by atoms with E-state index in [1.165, 1.54) is 5.56 Å². The molecule has 0 bridgehead atoms. The van der Waals surface area contributed by atoms with E-state index in [9.17, 15) is 0 Å². The fourth-order valence-corrected chi connectivity index (χ4v) is 1.80. The van der Waals surface area contributed by atoms with E-state index < -0.39 is 0 Å². The van der Waals surface area contributed by atoms with Crippen LogP contribution in [0.1, 0.15) is 24.4 Å². The summed E-state index contributed by atoms with van der Waals surface area (Å²) in [5.41, 5.74) is 7.20. The van der Waals surface area contributed by atoms with Crippen LogP contribution in [-0.4, -0.2) is 17.6 Å². The van der Waals surface area contributed by atoms with Gasteiger partial charge >= 0.3 is 0 Å². The van der Waals surface area contributed by atoms with Crippen molar-refractivity contribution in [2.75, 3.05) is 6.54 Å². The van der Waals surface area contributed by atoms with Crippen molar-refractivity contribution in [3.05, 3.63) is 30.1 Å². The zero-order valence-electron chi connectivity index (χ0n) is 7.61. The highest BCUT2D eigenvalue weighted by molar-refractivity contribution is 5.16. The number of hydrogen-bond acceptors (Lipinski definition) is 3. The summed E-state index contributed by atoms with van der Waals surface area (Å²) in [5, 5.41) is 3.46. The number of aromatic nitrogens is 1. The zero-order chi connectivity index (χ0) is 9.10. The Bertz CT molecular complexity index is 260. The van der Waals surface area contributed by atoms with E-state index in [4.69, 9.17) is 5.73 Å². The Hall–Kier alpha value is -0.930. The third-order valence-electron chi connectivity index (χ3n) is 2.55. The maximum Gasteiger partial charge on any atom is 0.0336 e. The van der Waals surface area contributed by atoms with Crippen molar-refractivity contribution < 1.29 is 0 Å². The minimum Gasteiger partial charge on any atom is -0.328 e. The quantitative estimate of drug-likeness (QED) is 0.668. The minimum atomic E-state index is 0.347. The molecule has 0 aliphatic carbocycles. The van der Waals surface area contributed by atoms with Crippen LogP contribution in [0.2, 0.25) is 0 Å². The topological polar surface area (TPSA) is 50.9 Å². The van der Waals surface area contributed by atoms with E-state index in [-0.39, 0.29) is 0 Å². The fraction of sp³-hybridized carbons (Fsp3) is 0.500. The summed E-state index contributed by atoms with van der Waals surface area (Å²) in [4.78, 5) is 4.00. The first-order valence-electron chi connectivity index (χ1n) is 4.75. The third kappa shape index (κ3) is 2.05. The number of nitrogens with two attached hydrogens (primary N) is 1. The fourth-order valence-electron chi connectivity index (χ4n) is 1.80. The summed E-state index contributed by atoms with van der Waals surface area (Å²) in [6, 6.07) is 4.87. The second kappa shape index (κ2) is 3.85. The third-order valence-corrected chi connectivity index (χ3v) is 2.55. The molecule has 1 saturated heterocycles. The molecule has 1 fully saturated rings. The number of hydrogen-bond donors (Lipinski definition) is 2. The van der Waals surface area contributed by atoms with E-state index in [1.807, 2.05) is 12.4 Å². The lowest BCUT2D eigenvalue weighted by Crippen LogP contribution is -2.38. The van der Waals surface area contributed by atoms with Crippen molar-refractivity contribution in [2.24, 2.45) is 5.73 Å². The second-order valence-electron chi connectivity index (χ2n) is 3.57. The highest BCUT2D eigenvalue weighted by atomic mass is 14.9. The Morgan fingerprint density at radius 2 is 2.15 bits per heavy atom. The van der Waals surface area contributed by atoms with Crippen LogP contribution in [0.3, 0.4) is 0 Å². The monoisotopic (exact) mass is 177 g/mol. The lowest BCUT2D eigenvalue weighted by molar-refractivity contribution is 0.369. The average molecular weight is 177 g/mol. The molecule has 1 aliphatic rings. The van der Waals surface area contributed by atoms with Gasteiger partial charge in [-0.3, -0.25) is 4.98 Å². The van der Waals surface area contributed by atoms with Gasteiger partial charge in [-0.2, -0.15) is 0 Å². The first kappa shape index (κ1) is 8.66. The molecule has 2 atom stereocenters. The predicted molar refractivity (Wildman–Crippen MR) is 52.2 cm³/mol. The first-order valence-corrected chi connectivity index (χ1v) is 4.75. The Morgan fingerprint density at radius 3 is 2.85 bits per heavy atom. The molecule has 2 rings (SSSR count). The van der Waals surface area contributed by atoms with Crippen LogP contribution in [0.4, 0.5) is 0 Å². The van der Waals surface area contributed by atoms with Gasteiger partial charge in [0, 0.05) is 24.5 Å². The Balaban J connectivity index is 2.08. The van der Waals surface area contributed by atoms with Crippen LogP contribution >= 0.6 is 0 Å². The molecule has 0 aromatic carbocycles. The number of nitrogens with zero attached hydrogens (tertiary/aromatic N) is 1. The number of pyridine rings is 1. The van der Waals surface area contributed by atoms with Crippen LogP contribution < -0.4 is 11.1 Å². The standard InChI is InChI=1S/C10H15N3/c11-9-3-6-13-10(7-9)8-1-4-12-5-2-8/h1-2,4-5,9-10,13H,3,6-7,11H2/t9-,10-/m0/s1. The molecule has 2 heterocycles. The summed E-state index contributed by atoms with van der Waals surface area (Å²) >= 11 is 0. The van der Waals surface area contributed by atoms with Gasteiger partial charge in [-0.1, -0.05) is 0 Å². The molecule has 3 N–H and O–H groups in total. The van der Waals surface area contributed by atoms with E-state index in [2.05, 4.69) is 22.4 Å². The van der Waals surface area contributed by atoms with Crippen molar-refractivity contribution in [2.45, 2.75) is 24.9 Å². The molecular weight excluding hydrogens is 162 g/mol. The molecule has 0 radical (unpaired) electrons. The normalized spacial score (nSPS) is 28.7. The predicted octanol–water partition coefficient (Wildman–Crippen LogP) is 0.833. The molecular formula is C10H15N3. The summed E-state index contributed by atoms with van der Waals surface area (Å²) in [5.74, 6) is 0. The summed E-state index contributed by atoms with van der Waals surface area (Å²) in [7, 11) is 0. The van der Waals surface area contributed by atoms with Crippen molar-refractivity contribution in [3.8, 4) is 0 Å². The maximum absolute atomic E-state index is 5.91. The van der Waals surface area contributed by atoms with Crippen LogP contribution in [0.15, 0.2) is 24.5 Å². The van der Waals surface area contributed by atoms with E-state index in [1.54, 1.807) is 0 Å². The van der Waals surface area contributed by atoms with E-state index in [0.717, 1.165) is 19.4 Å². The Kier molecular flexibility index (Phi) is 2.57. The molecule has 0 spiro atoms. The number of piperidine rings is 1. The lowest BCUT2D eigenvalue weighted by Gasteiger charge is -2.28. The van der Waals surface area contributed by atoms with Gasteiger partial charge in [0.1, 0.15) is 0 Å². The molecule has 13 heavy (non-hydrogen) atoms. The van der Waals surface area contributed by atoms with Gasteiger partial charge in [-0.15, -0.1) is 0 Å². The highest BCUT2D eigenvalue weighted by Gasteiger charge is 2.19. The molecule has 1 aliphatic heterocycles. The minimum absolute atomic E-state index is 0.347. The first-order chi connectivity index (χ1) is 6.36. The average Bonchev–Trinajstić information content (AvgIpc) is 2.19. The van der Waals surface area contributed by atoms with Crippen LogP contribution in [0.25, 0.3) is 0 Å². The molecule has 1 aromatic heterocycles. The van der Waals surface area contributed by atoms with Crippen LogP contribution in [0.5, 0.6) is 0 Å². The van der Waals surface area contributed by atoms with Crippen molar-refractivity contribution in [3.63, 3.8) is 0 Å². The SMILES string of the molecule is N[C@H]1CCN[C@H](c2ccncc2)C1. The molecule has 70 valence electrons. The lowest BCUT2D eigenvalue weighted by atomic mass is 9.95. The smallest absolute Gasteiger partial charge is 0.0336 e. The van der Waals surface area contributed by atoms with E-state index >= 15 is 0 Å². The van der Waals surface area contributed by atoms with Crippen molar-refractivity contribution in [1.29, 1.82) is 0 Å². The maximum atomic E-state index is 5.91. The van der Waals surface area contributed by atoms with Gasteiger partial charge in [0.05, 0.1) is 0 Å². The van der Waals surface area contributed by atoms with Crippen LogP contribution in [-0.2, 0) is 0 Å². The zero-order valence-corrected chi connectivity index (χ0v) is 7.61. The van der Waals surface area contributed by atoms with Crippen molar-refractivity contribution in [1.82, 2.24) is 10.3 Å². The molecule has 0 unspecified atom stereocenters. The number of rotatable bonds is 1. The molecule has 0 saturated carbocycles. The number of nitrogens with one attached hydrogen (secondary N) is 1. The molecule has 3 heteroatoms. The highest BCUT2D eigenvalue weighted by Crippen LogP contribution is 2.21. The Morgan fingerprint density at radius 1 is 1.38 bits per heavy atom. The van der Waals surface area contributed by atoms with Gasteiger partial charge in [0.25, 0.3) is 0 Å². The molecule has 0 amide bonds. The molecule has 3 nitrogen and oxygen atoms in total. The van der Waals surface area contributed by atoms with Gasteiger partial charge in [0.15, 0.2) is 0 Å². The summed E-state index contributed by atoms with van der Waals surface area (Å²) in [6.45, 7) is 1.02. The Labute approximate surface area is 78.4 Å².